The fourth-order valence-corrected chi connectivity index (χ4v) is 2.82. The van der Waals surface area contributed by atoms with Gasteiger partial charge < -0.3 is 10.3 Å². The quantitative estimate of drug-likeness (QED) is 0.713. The number of fused-ring (bicyclic) bond motifs is 1. The number of halogens is 1. The van der Waals surface area contributed by atoms with Crippen LogP contribution in [0.4, 0.5) is 0 Å². The van der Waals surface area contributed by atoms with Gasteiger partial charge in [0.1, 0.15) is 5.82 Å². The molecule has 3 aromatic rings. The summed E-state index contributed by atoms with van der Waals surface area (Å²) in [4.78, 5) is 31.1. The van der Waals surface area contributed by atoms with Crippen LogP contribution in [0, 0.1) is 0 Å². The van der Waals surface area contributed by atoms with Crippen LogP contribution in [0.5, 0.6) is 0 Å². The summed E-state index contributed by atoms with van der Waals surface area (Å²) in [6, 6.07) is 14.6. The van der Waals surface area contributed by atoms with Crippen molar-refractivity contribution in [3.63, 3.8) is 0 Å². The molecule has 1 amide bonds. The summed E-state index contributed by atoms with van der Waals surface area (Å²) < 4.78 is 0. The first-order valence-corrected chi connectivity index (χ1v) is 8.49. The number of H-pyrrole nitrogens is 1. The molecule has 2 aromatic carbocycles. The lowest BCUT2D eigenvalue weighted by Crippen LogP contribution is -2.22. The number of nitrogens with zero attached hydrogens (tertiary/aromatic N) is 1. The zero-order chi connectivity index (χ0) is 17.6. The molecule has 25 heavy (non-hydrogen) atoms. The monoisotopic (exact) mass is 355 g/mol. The van der Waals surface area contributed by atoms with Crippen LogP contribution in [0.3, 0.4) is 0 Å². The minimum Gasteiger partial charge on any atom is -0.352 e. The van der Waals surface area contributed by atoms with Gasteiger partial charge >= 0.3 is 0 Å². The molecule has 0 atom stereocenters. The molecule has 0 saturated heterocycles. The van der Waals surface area contributed by atoms with Crippen molar-refractivity contribution < 1.29 is 4.79 Å². The number of amides is 1. The number of aromatic amines is 1. The number of carbonyl (C=O) groups is 1. The zero-order valence-corrected chi connectivity index (χ0v) is 14.3. The third-order valence-electron chi connectivity index (χ3n) is 3.86. The summed E-state index contributed by atoms with van der Waals surface area (Å²) in [7, 11) is 0. The van der Waals surface area contributed by atoms with Crippen molar-refractivity contribution >= 4 is 28.4 Å². The van der Waals surface area contributed by atoms with Crippen LogP contribution in [0.2, 0.25) is 5.02 Å². The van der Waals surface area contributed by atoms with Gasteiger partial charge in [0, 0.05) is 24.4 Å². The summed E-state index contributed by atoms with van der Waals surface area (Å²) in [6.45, 7) is 0.449. The molecule has 0 spiro atoms. The smallest absolute Gasteiger partial charge is 0.258 e. The van der Waals surface area contributed by atoms with Gasteiger partial charge in [0.2, 0.25) is 5.91 Å². The molecule has 1 aromatic heterocycles. The van der Waals surface area contributed by atoms with Crippen LogP contribution in [0.1, 0.15) is 24.2 Å². The van der Waals surface area contributed by atoms with Crippen LogP contribution in [-0.4, -0.2) is 15.9 Å². The Kier molecular flexibility index (Phi) is 5.46. The van der Waals surface area contributed by atoms with Gasteiger partial charge in [-0.1, -0.05) is 35.9 Å². The standard InChI is InChI=1S/C19H18ClN3O2/c20-14-6-3-5-13(11-14)12-21-18(24)10-4-9-17-22-16-8-2-1-7-15(16)19(25)23-17/h1-3,5-8,11H,4,9-10,12H2,(H,21,24)(H,22,23,25). The largest absolute Gasteiger partial charge is 0.352 e. The first kappa shape index (κ1) is 17.2. The number of carbonyl (C=O) groups excluding carboxylic acids is 1. The van der Waals surface area contributed by atoms with Gasteiger partial charge in [-0.15, -0.1) is 0 Å². The lowest BCUT2D eigenvalue weighted by molar-refractivity contribution is -0.121. The van der Waals surface area contributed by atoms with Gasteiger partial charge in [-0.05, 0) is 36.2 Å². The zero-order valence-electron chi connectivity index (χ0n) is 13.6. The number of hydrogen-bond acceptors (Lipinski definition) is 3. The fraction of sp³-hybridized carbons (Fsp3) is 0.211. The van der Waals surface area contributed by atoms with Crippen LogP contribution >= 0.6 is 11.6 Å². The highest BCUT2D eigenvalue weighted by Crippen LogP contribution is 2.10. The van der Waals surface area contributed by atoms with E-state index in [-0.39, 0.29) is 11.5 Å². The molecule has 128 valence electrons. The second kappa shape index (κ2) is 7.94. The SMILES string of the molecule is O=C(CCCc1nc2ccccc2c(=O)[nH]1)NCc1cccc(Cl)c1. The molecule has 0 aliphatic carbocycles. The van der Waals surface area contributed by atoms with E-state index in [0.717, 1.165) is 5.56 Å². The van der Waals surface area contributed by atoms with Crippen molar-refractivity contribution in [2.45, 2.75) is 25.8 Å². The molecular formula is C19H18ClN3O2. The van der Waals surface area contributed by atoms with Crippen molar-refractivity contribution in [3.05, 3.63) is 75.3 Å². The van der Waals surface area contributed by atoms with Gasteiger partial charge in [-0.25, -0.2) is 4.98 Å². The van der Waals surface area contributed by atoms with Crippen molar-refractivity contribution in [1.82, 2.24) is 15.3 Å². The Bertz CT molecular complexity index is 953. The topological polar surface area (TPSA) is 74.8 Å². The van der Waals surface area contributed by atoms with E-state index in [9.17, 15) is 9.59 Å². The third-order valence-corrected chi connectivity index (χ3v) is 4.09. The summed E-state index contributed by atoms with van der Waals surface area (Å²) >= 11 is 5.92. The number of para-hydroxylation sites is 1. The lowest BCUT2D eigenvalue weighted by atomic mass is 10.2. The molecule has 1 heterocycles. The van der Waals surface area contributed by atoms with E-state index in [1.807, 2.05) is 36.4 Å². The van der Waals surface area contributed by atoms with E-state index in [0.29, 0.717) is 47.6 Å². The average molecular weight is 356 g/mol. The number of benzene rings is 2. The van der Waals surface area contributed by atoms with Crippen LogP contribution < -0.4 is 10.9 Å². The van der Waals surface area contributed by atoms with Gasteiger partial charge in [0.15, 0.2) is 0 Å². The fourth-order valence-electron chi connectivity index (χ4n) is 2.61. The maximum Gasteiger partial charge on any atom is 0.258 e. The normalized spacial score (nSPS) is 10.8. The third kappa shape index (κ3) is 4.67. The van der Waals surface area contributed by atoms with E-state index in [1.165, 1.54) is 0 Å². The number of rotatable bonds is 6. The van der Waals surface area contributed by atoms with Crippen molar-refractivity contribution in [1.29, 1.82) is 0 Å². The Morgan fingerprint density at radius 1 is 1.16 bits per heavy atom. The molecule has 0 fully saturated rings. The molecule has 0 aliphatic heterocycles. The summed E-state index contributed by atoms with van der Waals surface area (Å²) in [5.74, 6) is 0.564. The molecule has 0 unspecified atom stereocenters. The molecule has 0 bridgehead atoms. The minimum atomic E-state index is -0.147. The molecular weight excluding hydrogens is 338 g/mol. The molecule has 5 nitrogen and oxygen atoms in total. The maximum absolute atomic E-state index is 12.0. The van der Waals surface area contributed by atoms with E-state index in [1.54, 1.807) is 12.1 Å². The van der Waals surface area contributed by atoms with Crippen molar-refractivity contribution in [3.8, 4) is 0 Å². The number of hydrogen-bond donors (Lipinski definition) is 2. The van der Waals surface area contributed by atoms with Gasteiger partial charge in [0.25, 0.3) is 5.56 Å². The second-order valence-electron chi connectivity index (χ2n) is 5.79. The highest BCUT2D eigenvalue weighted by atomic mass is 35.5. The first-order valence-electron chi connectivity index (χ1n) is 8.11. The Labute approximate surface area is 150 Å². The van der Waals surface area contributed by atoms with Crippen molar-refractivity contribution in [2.75, 3.05) is 0 Å². The summed E-state index contributed by atoms with van der Waals surface area (Å²) in [5, 5.41) is 4.09. The van der Waals surface area contributed by atoms with Gasteiger partial charge in [0.05, 0.1) is 10.9 Å². The van der Waals surface area contributed by atoms with E-state index >= 15 is 0 Å². The molecule has 6 heteroatoms. The van der Waals surface area contributed by atoms with E-state index in [2.05, 4.69) is 15.3 Å². The number of nitrogens with one attached hydrogen (secondary N) is 2. The lowest BCUT2D eigenvalue weighted by Gasteiger charge is -2.06. The van der Waals surface area contributed by atoms with Crippen LogP contribution in [0.15, 0.2) is 53.3 Å². The number of aryl methyl sites for hydroxylation is 1. The molecule has 0 radical (unpaired) electrons. The highest BCUT2D eigenvalue weighted by molar-refractivity contribution is 6.30. The van der Waals surface area contributed by atoms with E-state index < -0.39 is 0 Å². The van der Waals surface area contributed by atoms with Crippen molar-refractivity contribution in [2.24, 2.45) is 0 Å². The second-order valence-corrected chi connectivity index (χ2v) is 6.23. The molecule has 0 aliphatic rings. The Morgan fingerprint density at radius 2 is 2.00 bits per heavy atom. The van der Waals surface area contributed by atoms with Crippen LogP contribution in [0.25, 0.3) is 10.9 Å². The maximum atomic E-state index is 12.0. The van der Waals surface area contributed by atoms with Gasteiger partial charge in [-0.2, -0.15) is 0 Å². The predicted octanol–water partition coefficient (Wildman–Crippen LogP) is 3.22. The minimum absolute atomic E-state index is 0.0388. The summed E-state index contributed by atoms with van der Waals surface area (Å²) in [5.41, 5.74) is 1.49. The van der Waals surface area contributed by atoms with Crippen LogP contribution in [-0.2, 0) is 17.8 Å². The Hall–Kier alpha value is -2.66. The van der Waals surface area contributed by atoms with Gasteiger partial charge in [-0.3, -0.25) is 9.59 Å². The first-order chi connectivity index (χ1) is 12.1. The molecule has 2 N–H and O–H groups in total. The average Bonchev–Trinajstić information content (AvgIpc) is 2.60. The number of aromatic nitrogens is 2. The summed E-state index contributed by atoms with van der Waals surface area (Å²) in [6.07, 6.45) is 1.53. The molecule has 0 saturated carbocycles. The highest BCUT2D eigenvalue weighted by Gasteiger charge is 2.06. The van der Waals surface area contributed by atoms with E-state index in [4.69, 9.17) is 11.6 Å². The Balaban J connectivity index is 1.51. The predicted molar refractivity (Wildman–Crippen MR) is 98.6 cm³/mol. The Morgan fingerprint density at radius 3 is 2.84 bits per heavy atom. The molecule has 3 rings (SSSR count).